The fourth-order valence-electron chi connectivity index (χ4n) is 3.80. The average Bonchev–Trinajstić information content (AvgIpc) is 2.79. The monoisotopic (exact) mass is 417 g/mol. The maximum Gasteiger partial charge on any atom is 0.255 e. The molecule has 1 unspecified atom stereocenters. The van der Waals surface area contributed by atoms with Gasteiger partial charge in [-0.05, 0) is 49.7 Å². The van der Waals surface area contributed by atoms with Crippen LogP contribution >= 0.6 is 0 Å². The summed E-state index contributed by atoms with van der Waals surface area (Å²) < 4.78 is 0. The van der Waals surface area contributed by atoms with Crippen LogP contribution in [0.25, 0.3) is 11.3 Å². The maximum atomic E-state index is 12.6. The number of phenolic OH excluding ortho intramolecular Hbond substituents is 1. The van der Waals surface area contributed by atoms with Gasteiger partial charge in [-0.3, -0.25) is 4.79 Å². The van der Waals surface area contributed by atoms with E-state index in [1.165, 1.54) is 0 Å². The molecule has 0 saturated carbocycles. The van der Waals surface area contributed by atoms with Gasteiger partial charge in [-0.25, -0.2) is 9.97 Å². The maximum absolute atomic E-state index is 12.6. The minimum atomic E-state index is -0.100. The number of hydrogen-bond donors (Lipinski definition) is 3. The summed E-state index contributed by atoms with van der Waals surface area (Å²) in [5.41, 5.74) is 3.40. The Kier molecular flexibility index (Phi) is 6.13. The van der Waals surface area contributed by atoms with Crippen molar-refractivity contribution in [3.8, 4) is 17.0 Å². The van der Waals surface area contributed by atoms with Gasteiger partial charge in [0.25, 0.3) is 5.91 Å². The van der Waals surface area contributed by atoms with E-state index in [-0.39, 0.29) is 17.6 Å². The van der Waals surface area contributed by atoms with Crippen LogP contribution in [-0.2, 0) is 0 Å². The first-order chi connectivity index (χ1) is 15.0. The number of nitrogens with one attached hydrogen (secondary N) is 2. The van der Waals surface area contributed by atoms with Gasteiger partial charge in [-0.2, -0.15) is 0 Å². The molecule has 0 radical (unpaired) electrons. The molecule has 2 heterocycles. The molecule has 1 amide bonds. The number of nitrogens with zero attached hydrogens (tertiary/aromatic N) is 3. The van der Waals surface area contributed by atoms with Gasteiger partial charge in [0.1, 0.15) is 5.75 Å². The molecule has 3 N–H and O–H groups in total. The number of carbonyl (C=O) groups is 1. The lowest BCUT2D eigenvalue weighted by atomic mass is 9.95. The summed E-state index contributed by atoms with van der Waals surface area (Å²) in [6, 6.07) is 16.4. The second-order valence-electron chi connectivity index (χ2n) is 7.93. The van der Waals surface area contributed by atoms with Gasteiger partial charge < -0.3 is 20.6 Å². The van der Waals surface area contributed by atoms with Crippen LogP contribution < -0.4 is 10.6 Å². The quantitative estimate of drug-likeness (QED) is 0.586. The van der Waals surface area contributed by atoms with Crippen LogP contribution in [-0.4, -0.2) is 53.1 Å². The third-order valence-corrected chi connectivity index (χ3v) is 5.45. The van der Waals surface area contributed by atoms with Crippen LogP contribution in [0.4, 0.5) is 11.6 Å². The molecule has 160 valence electrons. The molecule has 7 nitrogen and oxygen atoms in total. The Bertz CT molecular complexity index is 1080. The molecule has 1 aromatic heterocycles. The highest BCUT2D eigenvalue weighted by Crippen LogP contribution is 2.32. The van der Waals surface area contributed by atoms with Crippen molar-refractivity contribution in [2.45, 2.75) is 18.8 Å². The van der Waals surface area contributed by atoms with E-state index in [1.807, 2.05) is 36.4 Å². The van der Waals surface area contributed by atoms with Crippen molar-refractivity contribution >= 4 is 17.5 Å². The van der Waals surface area contributed by atoms with E-state index in [0.717, 1.165) is 31.6 Å². The largest absolute Gasteiger partial charge is 0.507 e. The molecule has 0 spiro atoms. The second kappa shape index (κ2) is 9.14. The van der Waals surface area contributed by atoms with E-state index in [2.05, 4.69) is 15.6 Å². The fraction of sp³-hybridized carbons (Fsp3) is 0.292. The molecule has 0 bridgehead atoms. The molecular formula is C24H27N5O2. The summed E-state index contributed by atoms with van der Waals surface area (Å²) >= 11 is 0. The smallest absolute Gasteiger partial charge is 0.255 e. The zero-order valence-corrected chi connectivity index (χ0v) is 17.8. The zero-order valence-electron chi connectivity index (χ0n) is 17.8. The number of para-hydroxylation sites is 2. The first kappa shape index (κ1) is 20.8. The van der Waals surface area contributed by atoms with Crippen molar-refractivity contribution in [1.29, 1.82) is 0 Å². The summed E-state index contributed by atoms with van der Waals surface area (Å²) in [4.78, 5) is 23.6. The molecule has 31 heavy (non-hydrogen) atoms. The van der Waals surface area contributed by atoms with Crippen molar-refractivity contribution in [3.63, 3.8) is 0 Å². The predicted octanol–water partition coefficient (Wildman–Crippen LogP) is 3.76. The zero-order chi connectivity index (χ0) is 21.8. The molecule has 2 aromatic carbocycles. The molecular weight excluding hydrogens is 390 g/mol. The molecule has 4 rings (SSSR count). The summed E-state index contributed by atoms with van der Waals surface area (Å²) in [6.07, 6.45) is 2.13. The van der Waals surface area contributed by atoms with Crippen molar-refractivity contribution in [3.05, 3.63) is 65.9 Å². The number of aromatic nitrogens is 2. The van der Waals surface area contributed by atoms with Gasteiger partial charge >= 0.3 is 0 Å². The highest BCUT2D eigenvalue weighted by Gasteiger charge is 2.20. The summed E-state index contributed by atoms with van der Waals surface area (Å²) in [7, 11) is 3.45. The molecule has 1 fully saturated rings. The van der Waals surface area contributed by atoms with Crippen molar-refractivity contribution in [2.24, 2.45) is 0 Å². The van der Waals surface area contributed by atoms with Gasteiger partial charge in [-0.1, -0.05) is 24.3 Å². The van der Waals surface area contributed by atoms with E-state index in [4.69, 9.17) is 4.98 Å². The first-order valence-corrected chi connectivity index (χ1v) is 10.5. The highest BCUT2D eigenvalue weighted by molar-refractivity contribution is 5.99. The lowest BCUT2D eigenvalue weighted by Gasteiger charge is -2.23. The Hall–Kier alpha value is -3.45. The number of amides is 1. The Morgan fingerprint density at radius 2 is 1.90 bits per heavy atom. The number of anilines is 2. The fourth-order valence-corrected chi connectivity index (χ4v) is 3.80. The molecule has 1 aliphatic heterocycles. The van der Waals surface area contributed by atoms with Gasteiger partial charge in [0.2, 0.25) is 5.95 Å². The molecule has 1 aliphatic rings. The second-order valence-corrected chi connectivity index (χ2v) is 7.93. The number of hydrogen-bond acceptors (Lipinski definition) is 6. The van der Waals surface area contributed by atoms with Crippen molar-refractivity contribution in [1.82, 2.24) is 20.2 Å². The Labute approximate surface area is 182 Å². The SMILES string of the molecule is CN(C)C(=O)c1ccccc1Nc1nc(-c2ccccc2O)cc(C2CCCNC2)n1. The number of phenols is 1. The summed E-state index contributed by atoms with van der Waals surface area (Å²) in [6.45, 7) is 1.87. The average molecular weight is 418 g/mol. The van der Waals surface area contributed by atoms with Crippen molar-refractivity contribution < 1.29 is 9.90 Å². The number of piperidine rings is 1. The van der Waals surface area contributed by atoms with Gasteiger partial charge in [0, 0.05) is 32.1 Å². The van der Waals surface area contributed by atoms with E-state index in [0.29, 0.717) is 28.5 Å². The van der Waals surface area contributed by atoms with E-state index < -0.39 is 0 Å². The molecule has 1 saturated heterocycles. The van der Waals surface area contributed by atoms with Crippen LogP contribution in [0.1, 0.15) is 34.8 Å². The van der Waals surface area contributed by atoms with Crippen molar-refractivity contribution in [2.75, 3.05) is 32.5 Å². The van der Waals surface area contributed by atoms with Crippen LogP contribution in [0.15, 0.2) is 54.6 Å². The third-order valence-electron chi connectivity index (χ3n) is 5.45. The highest BCUT2D eigenvalue weighted by atomic mass is 16.3. The predicted molar refractivity (Wildman–Crippen MR) is 122 cm³/mol. The first-order valence-electron chi connectivity index (χ1n) is 10.5. The Morgan fingerprint density at radius 3 is 2.65 bits per heavy atom. The van der Waals surface area contributed by atoms with Gasteiger partial charge in [0.15, 0.2) is 0 Å². The molecule has 1 atom stereocenters. The van der Waals surface area contributed by atoms with Crippen LogP contribution in [0.5, 0.6) is 5.75 Å². The van der Waals surface area contributed by atoms with Crippen LogP contribution in [0.2, 0.25) is 0 Å². The van der Waals surface area contributed by atoms with Crippen LogP contribution in [0, 0.1) is 0 Å². The summed E-state index contributed by atoms with van der Waals surface area (Å²) in [5, 5.41) is 17.1. The number of aromatic hydroxyl groups is 1. The van der Waals surface area contributed by atoms with Gasteiger partial charge in [-0.15, -0.1) is 0 Å². The summed E-state index contributed by atoms with van der Waals surface area (Å²) in [5.74, 6) is 0.737. The van der Waals surface area contributed by atoms with Gasteiger partial charge in [0.05, 0.1) is 22.6 Å². The Morgan fingerprint density at radius 1 is 1.13 bits per heavy atom. The number of benzene rings is 2. The normalized spacial score (nSPS) is 16.0. The third kappa shape index (κ3) is 4.67. The molecule has 0 aliphatic carbocycles. The lowest BCUT2D eigenvalue weighted by molar-refractivity contribution is 0.0828. The van der Waals surface area contributed by atoms with Crippen LogP contribution in [0.3, 0.4) is 0 Å². The lowest BCUT2D eigenvalue weighted by Crippen LogP contribution is -2.29. The standard InChI is InChI=1S/C24H27N5O2/c1-29(2)23(31)18-10-3-5-11-19(18)26-24-27-20(16-8-7-13-25-15-16)14-21(28-24)17-9-4-6-12-22(17)30/h3-6,9-12,14,16,25,30H,7-8,13,15H2,1-2H3,(H,26,27,28). The number of carbonyl (C=O) groups excluding carboxylic acids is 1. The Balaban J connectivity index is 1.76. The number of rotatable bonds is 5. The van der Waals surface area contributed by atoms with E-state index in [1.54, 1.807) is 37.2 Å². The van der Waals surface area contributed by atoms with E-state index in [9.17, 15) is 9.90 Å². The minimum absolute atomic E-state index is 0.100. The molecule has 7 heteroatoms. The minimum Gasteiger partial charge on any atom is -0.507 e. The molecule has 3 aromatic rings. The van der Waals surface area contributed by atoms with E-state index >= 15 is 0 Å². The topological polar surface area (TPSA) is 90.4 Å².